The number of pyridine rings is 1. The molecule has 6 nitrogen and oxygen atoms in total. The van der Waals surface area contributed by atoms with Crippen LogP contribution < -0.4 is 10.6 Å². The molecule has 3 aromatic rings. The van der Waals surface area contributed by atoms with Gasteiger partial charge in [0, 0.05) is 12.2 Å². The Morgan fingerprint density at radius 3 is 3.04 bits per heavy atom. The molecule has 2 N–H and O–H groups in total. The minimum absolute atomic E-state index is 0.449. The largest absolute Gasteiger partial charge is 0.467 e. The fraction of sp³-hybridized carbons (Fsp3) is 0.412. The summed E-state index contributed by atoms with van der Waals surface area (Å²) in [5, 5.41) is 6.99. The molecule has 1 saturated heterocycles. The van der Waals surface area contributed by atoms with Crippen molar-refractivity contribution in [3.8, 4) is 0 Å². The van der Waals surface area contributed by atoms with Gasteiger partial charge in [-0.3, -0.25) is 4.57 Å². The lowest BCUT2D eigenvalue weighted by atomic mass is 10.1. The van der Waals surface area contributed by atoms with E-state index in [9.17, 15) is 0 Å². The molecule has 0 saturated carbocycles. The third-order valence-corrected chi connectivity index (χ3v) is 4.27. The van der Waals surface area contributed by atoms with E-state index in [1.807, 2.05) is 25.3 Å². The Bertz CT molecular complexity index is 800. The molecule has 0 aromatic carbocycles. The molecule has 1 aliphatic heterocycles. The number of fused-ring (bicyclic) bond motifs is 1. The van der Waals surface area contributed by atoms with Crippen molar-refractivity contribution in [1.82, 2.24) is 19.9 Å². The van der Waals surface area contributed by atoms with Crippen molar-refractivity contribution in [3.63, 3.8) is 0 Å². The lowest BCUT2D eigenvalue weighted by Crippen LogP contribution is -2.36. The standard InChI is InChI=1S/C17H21N5O/c1-12-9-14(23-11-12)10-22-16-15(3-2-6-19-16)21-17(22)20-13-4-7-18-8-5-13/h2-3,6,9,11,13,18H,4-5,7-8,10H2,1H3,(H,20,21). The van der Waals surface area contributed by atoms with Gasteiger partial charge in [0.25, 0.3) is 0 Å². The molecule has 1 fully saturated rings. The monoisotopic (exact) mass is 311 g/mol. The van der Waals surface area contributed by atoms with Crippen LogP contribution in [0, 0.1) is 6.92 Å². The predicted octanol–water partition coefficient (Wildman–Crippen LogP) is 2.54. The second kappa shape index (κ2) is 6.04. The number of nitrogens with one attached hydrogen (secondary N) is 2. The van der Waals surface area contributed by atoms with Gasteiger partial charge < -0.3 is 15.1 Å². The smallest absolute Gasteiger partial charge is 0.205 e. The van der Waals surface area contributed by atoms with Gasteiger partial charge in [0.2, 0.25) is 5.95 Å². The molecule has 120 valence electrons. The minimum Gasteiger partial charge on any atom is -0.467 e. The fourth-order valence-corrected chi connectivity index (χ4v) is 3.10. The predicted molar refractivity (Wildman–Crippen MR) is 89.6 cm³/mol. The molecular weight excluding hydrogens is 290 g/mol. The zero-order valence-corrected chi connectivity index (χ0v) is 13.2. The van der Waals surface area contributed by atoms with Crippen LogP contribution in [0.5, 0.6) is 0 Å². The lowest BCUT2D eigenvalue weighted by molar-refractivity contribution is 0.471. The quantitative estimate of drug-likeness (QED) is 0.775. The van der Waals surface area contributed by atoms with Crippen molar-refractivity contribution < 1.29 is 4.42 Å². The molecule has 6 heteroatoms. The summed E-state index contributed by atoms with van der Waals surface area (Å²) in [6, 6.07) is 6.43. The van der Waals surface area contributed by atoms with E-state index in [1.54, 1.807) is 6.26 Å². The van der Waals surface area contributed by atoms with Gasteiger partial charge >= 0.3 is 0 Å². The first-order valence-electron chi connectivity index (χ1n) is 8.12. The van der Waals surface area contributed by atoms with Crippen molar-refractivity contribution >= 4 is 17.1 Å². The third-order valence-electron chi connectivity index (χ3n) is 4.27. The molecule has 0 bridgehead atoms. The number of anilines is 1. The maximum absolute atomic E-state index is 5.62. The number of piperidine rings is 1. The zero-order valence-electron chi connectivity index (χ0n) is 13.2. The highest BCUT2D eigenvalue weighted by atomic mass is 16.3. The Labute approximate surface area is 134 Å². The van der Waals surface area contributed by atoms with Crippen LogP contribution in [0.4, 0.5) is 5.95 Å². The lowest BCUT2D eigenvalue weighted by Gasteiger charge is -2.24. The highest BCUT2D eigenvalue weighted by Crippen LogP contribution is 2.22. The van der Waals surface area contributed by atoms with Gasteiger partial charge in [-0.25, -0.2) is 9.97 Å². The summed E-state index contributed by atoms with van der Waals surface area (Å²) in [4.78, 5) is 9.24. The van der Waals surface area contributed by atoms with Gasteiger partial charge in [-0.15, -0.1) is 0 Å². The second-order valence-electron chi connectivity index (χ2n) is 6.13. The number of aryl methyl sites for hydroxylation is 1. The summed E-state index contributed by atoms with van der Waals surface area (Å²) in [5.41, 5.74) is 2.93. The summed E-state index contributed by atoms with van der Waals surface area (Å²) < 4.78 is 7.72. The van der Waals surface area contributed by atoms with E-state index in [0.717, 1.165) is 54.4 Å². The second-order valence-corrected chi connectivity index (χ2v) is 6.13. The molecule has 3 aromatic heterocycles. The highest BCUT2D eigenvalue weighted by Gasteiger charge is 2.18. The molecule has 0 atom stereocenters. The van der Waals surface area contributed by atoms with Crippen molar-refractivity contribution in [2.45, 2.75) is 32.4 Å². The first-order chi connectivity index (χ1) is 11.3. The number of imidazole rings is 1. The van der Waals surface area contributed by atoms with Crippen LogP contribution in [0.25, 0.3) is 11.2 Å². The van der Waals surface area contributed by atoms with Gasteiger partial charge in [0.05, 0.1) is 12.8 Å². The van der Waals surface area contributed by atoms with E-state index < -0.39 is 0 Å². The van der Waals surface area contributed by atoms with Crippen molar-refractivity contribution in [1.29, 1.82) is 0 Å². The average molecular weight is 311 g/mol. The third kappa shape index (κ3) is 2.94. The first kappa shape index (κ1) is 14.3. The molecule has 0 unspecified atom stereocenters. The van der Waals surface area contributed by atoms with Crippen LogP contribution in [-0.2, 0) is 6.54 Å². The maximum Gasteiger partial charge on any atom is 0.205 e. The molecular formula is C17H21N5O. The molecule has 4 heterocycles. The van der Waals surface area contributed by atoms with Gasteiger partial charge in [-0.2, -0.15) is 0 Å². The topological polar surface area (TPSA) is 67.9 Å². The molecule has 0 spiro atoms. The van der Waals surface area contributed by atoms with Crippen molar-refractivity contribution in [3.05, 3.63) is 42.0 Å². The fourth-order valence-electron chi connectivity index (χ4n) is 3.10. The summed E-state index contributed by atoms with van der Waals surface area (Å²) in [6.45, 7) is 4.77. The van der Waals surface area contributed by atoms with Gasteiger partial charge in [0.1, 0.15) is 11.3 Å². The molecule has 1 aliphatic rings. The Morgan fingerprint density at radius 2 is 2.26 bits per heavy atom. The summed E-state index contributed by atoms with van der Waals surface area (Å²) >= 11 is 0. The van der Waals surface area contributed by atoms with Gasteiger partial charge in [-0.1, -0.05) is 0 Å². The molecule has 23 heavy (non-hydrogen) atoms. The van der Waals surface area contributed by atoms with Crippen molar-refractivity contribution in [2.75, 3.05) is 18.4 Å². The van der Waals surface area contributed by atoms with Crippen LogP contribution in [0.15, 0.2) is 35.1 Å². The number of rotatable bonds is 4. The number of hydrogen-bond acceptors (Lipinski definition) is 5. The Morgan fingerprint density at radius 1 is 1.39 bits per heavy atom. The number of hydrogen-bond donors (Lipinski definition) is 2. The van der Waals surface area contributed by atoms with Crippen LogP contribution in [0.3, 0.4) is 0 Å². The Hall–Kier alpha value is -2.34. The maximum atomic E-state index is 5.62. The Balaban J connectivity index is 1.68. The van der Waals surface area contributed by atoms with Crippen LogP contribution in [0.1, 0.15) is 24.2 Å². The minimum atomic E-state index is 0.449. The summed E-state index contributed by atoms with van der Waals surface area (Å²) in [5.74, 6) is 1.79. The van der Waals surface area contributed by atoms with E-state index in [-0.39, 0.29) is 0 Å². The molecule has 0 aliphatic carbocycles. The number of furan rings is 1. The molecule has 0 radical (unpaired) electrons. The number of nitrogens with zero attached hydrogens (tertiary/aromatic N) is 3. The average Bonchev–Trinajstić information content (AvgIpc) is 3.13. The first-order valence-corrected chi connectivity index (χ1v) is 8.12. The molecule has 0 amide bonds. The van der Waals surface area contributed by atoms with Crippen LogP contribution in [0.2, 0.25) is 0 Å². The SMILES string of the molecule is Cc1coc(Cn2c(NC3CCNCC3)nc3cccnc32)c1. The van der Waals surface area contributed by atoms with E-state index in [0.29, 0.717) is 12.6 Å². The Kier molecular flexibility index (Phi) is 3.75. The van der Waals surface area contributed by atoms with Gasteiger partial charge in [-0.05, 0) is 56.6 Å². The summed E-state index contributed by atoms with van der Waals surface area (Å²) in [6.07, 6.45) is 5.80. The van der Waals surface area contributed by atoms with Crippen LogP contribution in [-0.4, -0.2) is 33.7 Å². The van der Waals surface area contributed by atoms with Crippen LogP contribution >= 0.6 is 0 Å². The van der Waals surface area contributed by atoms with E-state index in [4.69, 9.17) is 9.40 Å². The highest BCUT2D eigenvalue weighted by molar-refractivity contribution is 5.74. The van der Waals surface area contributed by atoms with E-state index >= 15 is 0 Å². The van der Waals surface area contributed by atoms with Crippen molar-refractivity contribution in [2.24, 2.45) is 0 Å². The number of aromatic nitrogens is 3. The van der Waals surface area contributed by atoms with E-state index in [1.165, 1.54) is 0 Å². The normalized spacial score (nSPS) is 16.0. The van der Waals surface area contributed by atoms with Gasteiger partial charge in [0.15, 0.2) is 5.65 Å². The summed E-state index contributed by atoms with van der Waals surface area (Å²) in [7, 11) is 0. The zero-order chi connectivity index (χ0) is 15.6. The molecule has 4 rings (SSSR count). The van der Waals surface area contributed by atoms with E-state index in [2.05, 4.69) is 26.3 Å².